The van der Waals surface area contributed by atoms with Gasteiger partial charge < -0.3 is 10.6 Å². The molecule has 1 aliphatic rings. The van der Waals surface area contributed by atoms with Crippen molar-refractivity contribution in [1.82, 2.24) is 10.2 Å². The van der Waals surface area contributed by atoms with E-state index in [0.29, 0.717) is 16.8 Å². The molecule has 7 heteroatoms. The van der Waals surface area contributed by atoms with Crippen LogP contribution in [0.25, 0.3) is 11.1 Å². The van der Waals surface area contributed by atoms with Crippen molar-refractivity contribution in [3.63, 3.8) is 0 Å². The standard InChI is InChI=1S/C26H22N4O3/c1-26(20-13-11-18(17-27)12-14-20)24(32)30(25(33)29-26)16-15-23(31)28-22-10-6-5-9-21(22)19-7-3-2-4-8-19/h2-14H,15-16H2,1H3,(H,28,31)(H,29,33)/t26-/m1/s1. The zero-order chi connectivity index (χ0) is 23.4. The van der Waals surface area contributed by atoms with Crippen LogP contribution in [-0.2, 0) is 15.1 Å². The molecule has 3 aromatic carbocycles. The van der Waals surface area contributed by atoms with Crippen molar-refractivity contribution < 1.29 is 14.4 Å². The lowest BCUT2D eigenvalue weighted by molar-refractivity contribution is -0.131. The van der Waals surface area contributed by atoms with Gasteiger partial charge in [-0.25, -0.2) is 4.79 Å². The van der Waals surface area contributed by atoms with Crippen molar-refractivity contribution in [3.05, 3.63) is 90.0 Å². The van der Waals surface area contributed by atoms with Gasteiger partial charge in [0.2, 0.25) is 5.91 Å². The van der Waals surface area contributed by atoms with Crippen molar-refractivity contribution in [3.8, 4) is 17.2 Å². The molecule has 0 spiro atoms. The van der Waals surface area contributed by atoms with Gasteiger partial charge in [0.25, 0.3) is 5.91 Å². The first-order chi connectivity index (χ1) is 15.9. The topological polar surface area (TPSA) is 102 Å². The fourth-order valence-corrected chi connectivity index (χ4v) is 3.86. The third-order valence-corrected chi connectivity index (χ3v) is 5.71. The molecule has 33 heavy (non-hydrogen) atoms. The van der Waals surface area contributed by atoms with Gasteiger partial charge in [0.1, 0.15) is 5.54 Å². The van der Waals surface area contributed by atoms with Gasteiger partial charge >= 0.3 is 6.03 Å². The van der Waals surface area contributed by atoms with Crippen LogP contribution in [0.15, 0.2) is 78.9 Å². The Bertz CT molecular complexity index is 1250. The maximum Gasteiger partial charge on any atom is 0.325 e. The zero-order valence-electron chi connectivity index (χ0n) is 18.0. The van der Waals surface area contributed by atoms with Crippen LogP contribution in [0.4, 0.5) is 10.5 Å². The molecule has 1 atom stereocenters. The molecule has 1 saturated heterocycles. The normalized spacial score (nSPS) is 17.4. The lowest BCUT2D eigenvalue weighted by atomic mass is 9.91. The second-order valence-electron chi connectivity index (χ2n) is 7.91. The Labute approximate surface area is 191 Å². The monoisotopic (exact) mass is 438 g/mol. The average molecular weight is 438 g/mol. The molecule has 0 radical (unpaired) electrons. The van der Waals surface area contributed by atoms with Gasteiger partial charge in [-0.05, 0) is 36.2 Å². The van der Waals surface area contributed by atoms with Gasteiger partial charge in [0, 0.05) is 24.2 Å². The molecular weight excluding hydrogens is 416 g/mol. The van der Waals surface area contributed by atoms with Crippen LogP contribution in [0.3, 0.4) is 0 Å². The van der Waals surface area contributed by atoms with Crippen LogP contribution in [-0.4, -0.2) is 29.3 Å². The first-order valence-corrected chi connectivity index (χ1v) is 10.5. The van der Waals surface area contributed by atoms with Crippen molar-refractivity contribution in [2.45, 2.75) is 18.9 Å². The Hall–Kier alpha value is -4.44. The number of nitriles is 1. The Kier molecular flexibility index (Phi) is 5.92. The number of nitrogens with zero attached hydrogens (tertiary/aromatic N) is 2. The molecule has 0 aromatic heterocycles. The number of rotatable bonds is 6. The Morgan fingerprint density at radius 1 is 1.00 bits per heavy atom. The van der Waals surface area contributed by atoms with E-state index in [-0.39, 0.29) is 18.9 Å². The molecule has 2 N–H and O–H groups in total. The van der Waals surface area contributed by atoms with Crippen LogP contribution in [0, 0.1) is 11.3 Å². The molecule has 7 nitrogen and oxygen atoms in total. The van der Waals surface area contributed by atoms with Crippen LogP contribution < -0.4 is 10.6 Å². The van der Waals surface area contributed by atoms with Crippen LogP contribution in [0.2, 0.25) is 0 Å². The minimum atomic E-state index is -1.25. The predicted octanol–water partition coefficient (Wildman–Crippen LogP) is 4.02. The van der Waals surface area contributed by atoms with Crippen LogP contribution in [0.1, 0.15) is 24.5 Å². The second kappa shape index (κ2) is 8.97. The predicted molar refractivity (Wildman–Crippen MR) is 124 cm³/mol. The molecule has 0 unspecified atom stereocenters. The minimum Gasteiger partial charge on any atom is -0.325 e. The van der Waals surface area contributed by atoms with Crippen LogP contribution in [0.5, 0.6) is 0 Å². The Morgan fingerprint density at radius 3 is 2.36 bits per heavy atom. The fourth-order valence-electron chi connectivity index (χ4n) is 3.86. The van der Waals surface area contributed by atoms with Gasteiger partial charge in [-0.1, -0.05) is 60.7 Å². The highest BCUT2D eigenvalue weighted by atomic mass is 16.2. The van der Waals surface area contributed by atoms with Gasteiger partial charge in [0.05, 0.1) is 11.6 Å². The summed E-state index contributed by atoms with van der Waals surface area (Å²) in [7, 11) is 0. The number of benzene rings is 3. The highest BCUT2D eigenvalue weighted by Crippen LogP contribution is 2.30. The van der Waals surface area contributed by atoms with Gasteiger partial charge in [-0.15, -0.1) is 0 Å². The number of hydrogen-bond acceptors (Lipinski definition) is 4. The number of carbonyl (C=O) groups is 3. The van der Waals surface area contributed by atoms with E-state index in [4.69, 9.17) is 5.26 Å². The quantitative estimate of drug-likeness (QED) is 0.568. The maximum atomic E-state index is 13.0. The molecule has 4 rings (SSSR count). The number of hydrogen-bond donors (Lipinski definition) is 2. The summed E-state index contributed by atoms with van der Waals surface area (Å²) in [6.07, 6.45) is -0.0360. The second-order valence-corrected chi connectivity index (χ2v) is 7.91. The Morgan fingerprint density at radius 2 is 1.67 bits per heavy atom. The number of carbonyl (C=O) groups excluding carboxylic acids is 3. The third-order valence-electron chi connectivity index (χ3n) is 5.71. The highest BCUT2D eigenvalue weighted by Gasteiger charge is 2.48. The van der Waals surface area contributed by atoms with Crippen molar-refractivity contribution in [2.75, 3.05) is 11.9 Å². The minimum absolute atomic E-state index is 0.0360. The SMILES string of the molecule is C[C@]1(c2ccc(C#N)cc2)NC(=O)N(CCC(=O)Nc2ccccc2-c2ccccc2)C1=O. The van der Waals surface area contributed by atoms with Crippen LogP contribution >= 0.6 is 0 Å². The summed E-state index contributed by atoms with van der Waals surface area (Å²) in [5.41, 5.74) is 2.30. The first kappa shape index (κ1) is 21.8. The lowest BCUT2D eigenvalue weighted by Crippen LogP contribution is -2.41. The van der Waals surface area contributed by atoms with Crippen molar-refractivity contribution >= 4 is 23.5 Å². The fraction of sp³-hybridized carbons (Fsp3) is 0.154. The lowest BCUT2D eigenvalue weighted by Gasteiger charge is -2.22. The number of nitrogens with one attached hydrogen (secondary N) is 2. The summed E-state index contributed by atoms with van der Waals surface area (Å²) in [6.45, 7) is 1.57. The molecule has 4 amide bonds. The van der Waals surface area contributed by atoms with Gasteiger partial charge in [-0.3, -0.25) is 14.5 Å². The molecule has 1 heterocycles. The first-order valence-electron chi connectivity index (χ1n) is 10.5. The van der Waals surface area contributed by atoms with E-state index in [1.54, 1.807) is 31.2 Å². The molecule has 3 aromatic rings. The van der Waals surface area contributed by atoms with E-state index >= 15 is 0 Å². The number of para-hydroxylation sites is 1. The highest BCUT2D eigenvalue weighted by molar-refractivity contribution is 6.07. The molecule has 1 fully saturated rings. The largest absolute Gasteiger partial charge is 0.325 e. The number of anilines is 1. The molecule has 1 aliphatic heterocycles. The van der Waals surface area contributed by atoms with E-state index in [0.717, 1.165) is 16.0 Å². The maximum absolute atomic E-state index is 13.0. The molecule has 0 saturated carbocycles. The van der Waals surface area contributed by atoms with E-state index in [1.807, 2.05) is 60.7 Å². The number of urea groups is 1. The molecule has 164 valence electrons. The summed E-state index contributed by atoms with van der Waals surface area (Å²) in [5.74, 6) is -0.736. The number of amides is 4. The summed E-state index contributed by atoms with van der Waals surface area (Å²) >= 11 is 0. The summed E-state index contributed by atoms with van der Waals surface area (Å²) < 4.78 is 0. The van der Waals surface area contributed by atoms with E-state index < -0.39 is 17.5 Å². The smallest absolute Gasteiger partial charge is 0.325 e. The summed E-state index contributed by atoms with van der Waals surface area (Å²) in [5, 5.41) is 14.6. The Balaban J connectivity index is 1.43. The van der Waals surface area contributed by atoms with Crippen molar-refractivity contribution in [2.24, 2.45) is 0 Å². The molecule has 0 bridgehead atoms. The van der Waals surface area contributed by atoms with Crippen molar-refractivity contribution in [1.29, 1.82) is 5.26 Å². The average Bonchev–Trinajstić information content (AvgIpc) is 3.07. The molecule has 0 aliphatic carbocycles. The van der Waals surface area contributed by atoms with Gasteiger partial charge in [-0.2, -0.15) is 5.26 Å². The molecular formula is C26H22N4O3. The zero-order valence-corrected chi connectivity index (χ0v) is 18.0. The number of imide groups is 1. The summed E-state index contributed by atoms with van der Waals surface area (Å²) in [4.78, 5) is 39.3. The van der Waals surface area contributed by atoms with E-state index in [9.17, 15) is 14.4 Å². The third kappa shape index (κ3) is 4.32. The summed E-state index contributed by atoms with van der Waals surface area (Å²) in [6, 6.07) is 25.1. The van der Waals surface area contributed by atoms with Gasteiger partial charge in [0.15, 0.2) is 0 Å². The van der Waals surface area contributed by atoms with E-state index in [2.05, 4.69) is 10.6 Å². The van der Waals surface area contributed by atoms with E-state index in [1.165, 1.54) is 0 Å².